The SMILES string of the molecule is CC(C)Oc1ccccc1C1C(C)(C)C1(C)C. The van der Waals surface area contributed by atoms with Crippen LogP contribution in [-0.2, 0) is 0 Å². The molecule has 0 heterocycles. The highest BCUT2D eigenvalue weighted by Crippen LogP contribution is 2.74. The lowest BCUT2D eigenvalue weighted by atomic mass is 10.0. The second kappa shape index (κ2) is 3.76. The molecule has 2 rings (SSSR count). The monoisotopic (exact) mass is 232 g/mol. The summed E-state index contributed by atoms with van der Waals surface area (Å²) in [4.78, 5) is 0. The summed E-state index contributed by atoms with van der Waals surface area (Å²) in [6.45, 7) is 13.6. The minimum Gasteiger partial charge on any atom is -0.491 e. The molecule has 1 saturated carbocycles. The summed E-state index contributed by atoms with van der Waals surface area (Å²) >= 11 is 0. The van der Waals surface area contributed by atoms with Crippen molar-refractivity contribution in [2.75, 3.05) is 0 Å². The van der Waals surface area contributed by atoms with E-state index < -0.39 is 0 Å². The van der Waals surface area contributed by atoms with Crippen LogP contribution in [0.5, 0.6) is 5.75 Å². The molecule has 1 heteroatoms. The number of hydrogen-bond acceptors (Lipinski definition) is 1. The molecule has 1 aliphatic carbocycles. The molecule has 0 radical (unpaired) electrons. The zero-order valence-corrected chi connectivity index (χ0v) is 11.9. The van der Waals surface area contributed by atoms with E-state index >= 15 is 0 Å². The molecule has 1 aromatic carbocycles. The van der Waals surface area contributed by atoms with E-state index in [1.54, 1.807) is 0 Å². The molecule has 0 unspecified atom stereocenters. The third kappa shape index (κ3) is 1.86. The maximum Gasteiger partial charge on any atom is 0.123 e. The fourth-order valence-corrected chi connectivity index (χ4v) is 3.05. The highest BCUT2D eigenvalue weighted by atomic mass is 16.5. The van der Waals surface area contributed by atoms with Crippen molar-refractivity contribution in [3.05, 3.63) is 29.8 Å². The molecule has 0 spiro atoms. The van der Waals surface area contributed by atoms with Crippen LogP contribution in [0.4, 0.5) is 0 Å². The maximum absolute atomic E-state index is 5.93. The molecule has 0 aliphatic heterocycles. The van der Waals surface area contributed by atoms with Crippen LogP contribution < -0.4 is 4.74 Å². The van der Waals surface area contributed by atoms with E-state index in [9.17, 15) is 0 Å². The molecule has 0 saturated heterocycles. The van der Waals surface area contributed by atoms with E-state index in [0.717, 1.165) is 5.75 Å². The van der Waals surface area contributed by atoms with Gasteiger partial charge in [0.2, 0.25) is 0 Å². The Morgan fingerprint density at radius 2 is 1.53 bits per heavy atom. The smallest absolute Gasteiger partial charge is 0.123 e. The van der Waals surface area contributed by atoms with Gasteiger partial charge in [0.15, 0.2) is 0 Å². The van der Waals surface area contributed by atoms with Crippen molar-refractivity contribution in [1.29, 1.82) is 0 Å². The van der Waals surface area contributed by atoms with Crippen molar-refractivity contribution in [2.45, 2.75) is 53.6 Å². The fraction of sp³-hybridized carbons (Fsp3) is 0.625. The van der Waals surface area contributed by atoms with Gasteiger partial charge in [-0.15, -0.1) is 0 Å². The Balaban J connectivity index is 2.35. The zero-order chi connectivity index (χ0) is 12.8. The molecular formula is C16H24O. The topological polar surface area (TPSA) is 9.23 Å². The van der Waals surface area contributed by atoms with Crippen molar-refractivity contribution in [2.24, 2.45) is 10.8 Å². The van der Waals surface area contributed by atoms with Crippen molar-refractivity contribution < 1.29 is 4.74 Å². The van der Waals surface area contributed by atoms with Crippen LogP contribution in [0.15, 0.2) is 24.3 Å². The molecule has 0 bridgehead atoms. The maximum atomic E-state index is 5.93. The molecule has 0 N–H and O–H groups in total. The van der Waals surface area contributed by atoms with E-state index in [1.807, 2.05) is 0 Å². The van der Waals surface area contributed by atoms with Crippen LogP contribution in [0.1, 0.15) is 53.0 Å². The van der Waals surface area contributed by atoms with E-state index in [-0.39, 0.29) is 6.10 Å². The Labute approximate surface area is 105 Å². The van der Waals surface area contributed by atoms with Gasteiger partial charge in [0.1, 0.15) is 5.75 Å². The van der Waals surface area contributed by atoms with Gasteiger partial charge in [0.05, 0.1) is 6.10 Å². The van der Waals surface area contributed by atoms with Gasteiger partial charge in [0.25, 0.3) is 0 Å². The largest absolute Gasteiger partial charge is 0.491 e. The van der Waals surface area contributed by atoms with Crippen molar-refractivity contribution in [3.63, 3.8) is 0 Å². The van der Waals surface area contributed by atoms with E-state index in [2.05, 4.69) is 65.8 Å². The molecule has 17 heavy (non-hydrogen) atoms. The van der Waals surface area contributed by atoms with Gasteiger partial charge in [0, 0.05) is 0 Å². The van der Waals surface area contributed by atoms with Crippen molar-refractivity contribution in [3.8, 4) is 5.75 Å². The predicted molar refractivity (Wildman–Crippen MR) is 72.5 cm³/mol. The van der Waals surface area contributed by atoms with Crippen LogP contribution in [0, 0.1) is 10.8 Å². The van der Waals surface area contributed by atoms with Gasteiger partial charge >= 0.3 is 0 Å². The lowest BCUT2D eigenvalue weighted by molar-refractivity contribution is 0.239. The van der Waals surface area contributed by atoms with Crippen LogP contribution in [0.2, 0.25) is 0 Å². The molecule has 1 aliphatic rings. The first-order valence-corrected chi connectivity index (χ1v) is 6.54. The van der Waals surface area contributed by atoms with Gasteiger partial charge in [-0.2, -0.15) is 0 Å². The molecule has 0 aromatic heterocycles. The number of para-hydroxylation sites is 1. The Morgan fingerprint density at radius 1 is 1.00 bits per heavy atom. The summed E-state index contributed by atoms with van der Waals surface area (Å²) in [7, 11) is 0. The van der Waals surface area contributed by atoms with Gasteiger partial charge in [-0.25, -0.2) is 0 Å². The van der Waals surface area contributed by atoms with Crippen LogP contribution in [0.3, 0.4) is 0 Å². The first kappa shape index (κ1) is 12.5. The van der Waals surface area contributed by atoms with Gasteiger partial charge in [-0.3, -0.25) is 0 Å². The molecule has 0 amide bonds. The van der Waals surface area contributed by atoms with Gasteiger partial charge in [-0.05, 0) is 42.2 Å². The average molecular weight is 232 g/mol. The van der Waals surface area contributed by atoms with Gasteiger partial charge < -0.3 is 4.74 Å². The normalized spacial score (nSPS) is 21.6. The summed E-state index contributed by atoms with van der Waals surface area (Å²) in [5, 5.41) is 0. The van der Waals surface area contributed by atoms with Crippen LogP contribution in [0.25, 0.3) is 0 Å². The van der Waals surface area contributed by atoms with Crippen molar-refractivity contribution >= 4 is 0 Å². The Bertz CT molecular complexity index is 401. The third-order valence-electron chi connectivity index (χ3n) is 4.61. The number of benzene rings is 1. The average Bonchev–Trinajstić information content (AvgIpc) is 2.58. The second-order valence-electron chi connectivity index (χ2n) is 6.58. The van der Waals surface area contributed by atoms with E-state index in [0.29, 0.717) is 16.7 Å². The zero-order valence-electron chi connectivity index (χ0n) is 11.9. The highest BCUT2D eigenvalue weighted by molar-refractivity contribution is 5.44. The fourth-order valence-electron chi connectivity index (χ4n) is 3.05. The standard InChI is InChI=1S/C16H24O/c1-11(2)17-13-10-8-7-9-12(13)14-15(3,4)16(14,5)6/h7-11,14H,1-6H3. The number of ether oxygens (including phenoxy) is 1. The predicted octanol–water partition coefficient (Wildman–Crippen LogP) is 4.62. The van der Waals surface area contributed by atoms with Crippen LogP contribution in [-0.4, -0.2) is 6.10 Å². The minimum absolute atomic E-state index is 0.237. The van der Waals surface area contributed by atoms with Crippen LogP contribution >= 0.6 is 0 Å². The van der Waals surface area contributed by atoms with E-state index in [4.69, 9.17) is 4.74 Å². The molecule has 94 valence electrons. The first-order chi connectivity index (χ1) is 7.78. The number of rotatable bonds is 3. The van der Waals surface area contributed by atoms with E-state index in [1.165, 1.54) is 5.56 Å². The lowest BCUT2D eigenvalue weighted by Gasteiger charge is -2.15. The number of hydrogen-bond donors (Lipinski definition) is 0. The summed E-state index contributed by atoms with van der Waals surface area (Å²) < 4.78 is 5.93. The highest BCUT2D eigenvalue weighted by Gasteiger charge is 2.65. The third-order valence-corrected chi connectivity index (χ3v) is 4.61. The quantitative estimate of drug-likeness (QED) is 0.738. The minimum atomic E-state index is 0.237. The summed E-state index contributed by atoms with van der Waals surface area (Å²) in [5.74, 6) is 1.66. The molecule has 0 atom stereocenters. The summed E-state index contributed by atoms with van der Waals surface area (Å²) in [6, 6.07) is 8.50. The summed E-state index contributed by atoms with van der Waals surface area (Å²) in [6.07, 6.45) is 0.237. The molecule has 1 aromatic rings. The molecular weight excluding hydrogens is 208 g/mol. The molecule has 1 nitrogen and oxygen atoms in total. The Morgan fingerprint density at radius 3 is 2.00 bits per heavy atom. The molecule has 1 fully saturated rings. The summed E-state index contributed by atoms with van der Waals surface area (Å²) in [5.41, 5.74) is 2.10. The Kier molecular flexibility index (Phi) is 2.76. The second-order valence-corrected chi connectivity index (χ2v) is 6.58. The Hall–Kier alpha value is -0.980. The lowest BCUT2D eigenvalue weighted by Crippen LogP contribution is -2.07. The van der Waals surface area contributed by atoms with Gasteiger partial charge in [-0.1, -0.05) is 45.9 Å². The van der Waals surface area contributed by atoms with Crippen molar-refractivity contribution in [1.82, 2.24) is 0 Å². The first-order valence-electron chi connectivity index (χ1n) is 6.54.